The Kier molecular flexibility index (Phi) is 12.2. The molecular weight excluding hydrogens is 714 g/mol. The molecule has 3 aliphatic rings. The lowest BCUT2D eigenvalue weighted by atomic mass is 9.80. The molecular formula is C46H56ClNO5S. The minimum Gasteiger partial charge on any atom is -0.497 e. The molecule has 1 heterocycles. The third-order valence-corrected chi connectivity index (χ3v) is 12.6. The highest BCUT2D eigenvalue weighted by Gasteiger charge is 2.41. The number of allylic oxidation sites excluding steroid dienone is 10. The molecule has 8 heteroatoms. The number of rotatable bonds is 8. The summed E-state index contributed by atoms with van der Waals surface area (Å²) in [5.74, 6) is 1.84. The second-order valence-corrected chi connectivity index (χ2v) is 17.3. The maximum atomic E-state index is 10.5. The predicted octanol–water partition coefficient (Wildman–Crippen LogP) is 11.9. The summed E-state index contributed by atoms with van der Waals surface area (Å²) in [6.07, 6.45) is 13.3. The Balaban J connectivity index is 0.000000438. The van der Waals surface area contributed by atoms with E-state index in [0.717, 1.165) is 54.3 Å². The lowest BCUT2D eigenvalue weighted by molar-refractivity contribution is 0.413. The minimum absolute atomic E-state index is 0.0666. The highest BCUT2D eigenvalue weighted by molar-refractivity contribution is 7.85. The van der Waals surface area contributed by atoms with Crippen LogP contribution in [0.4, 0.5) is 5.69 Å². The first kappa shape index (κ1) is 41.1. The average Bonchev–Trinajstić information content (AvgIpc) is 3.48. The first-order valence-corrected chi connectivity index (χ1v) is 20.6. The molecule has 0 bridgehead atoms. The summed E-state index contributed by atoms with van der Waals surface area (Å²) in [5.41, 5.74) is 15.2. The van der Waals surface area contributed by atoms with E-state index in [-0.39, 0.29) is 15.7 Å². The Hall–Kier alpha value is -4.04. The molecule has 0 saturated heterocycles. The van der Waals surface area contributed by atoms with Gasteiger partial charge in [0.25, 0.3) is 10.1 Å². The van der Waals surface area contributed by atoms with E-state index >= 15 is 0 Å². The summed E-state index contributed by atoms with van der Waals surface area (Å²) in [6.45, 7) is 20.9. The topological polar surface area (TPSA) is 76.1 Å². The number of nitrogens with zero attached hydrogens (tertiary/aromatic N) is 1. The maximum absolute atomic E-state index is 10.5. The Morgan fingerprint density at radius 1 is 0.833 bits per heavy atom. The van der Waals surface area contributed by atoms with Crippen molar-refractivity contribution in [1.29, 1.82) is 0 Å². The second kappa shape index (κ2) is 16.0. The largest absolute Gasteiger partial charge is 0.497 e. The molecule has 0 radical (unpaired) electrons. The number of ether oxygens (including phenoxy) is 2. The van der Waals surface area contributed by atoms with Crippen molar-refractivity contribution in [2.75, 3.05) is 25.7 Å². The van der Waals surface area contributed by atoms with Crippen molar-refractivity contribution in [3.63, 3.8) is 0 Å². The normalized spacial score (nSPS) is 19.0. The van der Waals surface area contributed by atoms with Crippen LogP contribution in [0, 0.1) is 20.8 Å². The predicted molar refractivity (Wildman–Crippen MR) is 225 cm³/mol. The van der Waals surface area contributed by atoms with Crippen molar-refractivity contribution in [2.45, 2.75) is 104 Å². The van der Waals surface area contributed by atoms with Crippen LogP contribution in [-0.2, 0) is 20.9 Å². The van der Waals surface area contributed by atoms with Gasteiger partial charge < -0.3 is 14.4 Å². The fourth-order valence-electron chi connectivity index (χ4n) is 8.30. The number of halogens is 1. The van der Waals surface area contributed by atoms with Crippen molar-refractivity contribution in [3.8, 4) is 11.5 Å². The third-order valence-electron chi connectivity index (χ3n) is 11.2. The molecule has 288 valence electrons. The van der Waals surface area contributed by atoms with Crippen molar-refractivity contribution in [3.05, 3.63) is 134 Å². The maximum Gasteiger partial charge on any atom is 0.294 e. The molecule has 1 aliphatic heterocycles. The Bertz CT molecular complexity index is 2200. The van der Waals surface area contributed by atoms with Crippen molar-refractivity contribution in [1.82, 2.24) is 0 Å². The van der Waals surface area contributed by atoms with Crippen molar-refractivity contribution >= 4 is 33.0 Å². The van der Waals surface area contributed by atoms with Gasteiger partial charge in [0, 0.05) is 33.8 Å². The molecule has 3 aromatic carbocycles. The number of fused-ring (bicyclic) bond motifs is 2. The van der Waals surface area contributed by atoms with Crippen LogP contribution in [0.1, 0.15) is 101 Å². The van der Waals surface area contributed by atoms with Gasteiger partial charge >= 0.3 is 0 Å². The van der Waals surface area contributed by atoms with E-state index in [2.05, 4.69) is 109 Å². The fourth-order valence-corrected chi connectivity index (χ4v) is 9.10. The zero-order chi connectivity index (χ0) is 39.7. The molecule has 1 N–H and O–H groups in total. The molecule has 0 amide bonds. The number of benzene rings is 3. The van der Waals surface area contributed by atoms with Crippen molar-refractivity contribution in [2.24, 2.45) is 0 Å². The summed E-state index contributed by atoms with van der Waals surface area (Å²) in [4.78, 5) is 2.39. The summed E-state index contributed by atoms with van der Waals surface area (Å²) in [7, 11) is -0.523. The van der Waals surface area contributed by atoms with Gasteiger partial charge in [-0.25, -0.2) is 0 Å². The fraction of sp³-hybridized carbons (Fsp3) is 0.391. The van der Waals surface area contributed by atoms with Crippen LogP contribution in [0.3, 0.4) is 0 Å². The molecule has 0 spiro atoms. The molecule has 0 saturated carbocycles. The average molecular weight is 770 g/mol. The van der Waals surface area contributed by atoms with E-state index in [4.69, 9.17) is 25.6 Å². The van der Waals surface area contributed by atoms with Gasteiger partial charge in [0.15, 0.2) is 0 Å². The van der Waals surface area contributed by atoms with Crippen LogP contribution in [0.25, 0.3) is 5.57 Å². The van der Waals surface area contributed by atoms with Crippen LogP contribution in [0.5, 0.6) is 11.5 Å². The second-order valence-electron chi connectivity index (χ2n) is 15.5. The molecule has 2 aliphatic carbocycles. The number of likely N-dealkylation sites (N-methyl/N-ethyl adjacent to an activating group) is 1. The third kappa shape index (κ3) is 7.87. The van der Waals surface area contributed by atoms with Gasteiger partial charge in [-0.1, -0.05) is 82.1 Å². The van der Waals surface area contributed by atoms with E-state index < -0.39 is 10.1 Å². The summed E-state index contributed by atoms with van der Waals surface area (Å²) in [5, 5.41) is 0.901. The molecule has 54 heavy (non-hydrogen) atoms. The number of methoxy groups -OCH3 is 2. The van der Waals surface area contributed by atoms with Gasteiger partial charge in [0.2, 0.25) is 0 Å². The van der Waals surface area contributed by atoms with E-state index in [9.17, 15) is 8.42 Å². The Morgan fingerprint density at radius 3 is 2.02 bits per heavy atom. The van der Waals surface area contributed by atoms with E-state index in [0.29, 0.717) is 0 Å². The number of anilines is 1. The van der Waals surface area contributed by atoms with E-state index in [1.807, 2.05) is 6.92 Å². The van der Waals surface area contributed by atoms with Crippen LogP contribution in [0.2, 0.25) is 0 Å². The molecule has 0 fully saturated rings. The molecule has 6 rings (SSSR count). The smallest absolute Gasteiger partial charge is 0.294 e. The first-order chi connectivity index (χ1) is 25.4. The van der Waals surface area contributed by atoms with Gasteiger partial charge in [-0.15, -0.1) is 0 Å². The first-order valence-electron chi connectivity index (χ1n) is 18.8. The van der Waals surface area contributed by atoms with Crippen molar-refractivity contribution < 1.29 is 22.4 Å². The van der Waals surface area contributed by atoms with Gasteiger partial charge in [0.05, 0.1) is 19.1 Å². The monoisotopic (exact) mass is 769 g/mol. The minimum atomic E-state index is -4.02. The van der Waals surface area contributed by atoms with E-state index in [1.165, 1.54) is 73.6 Å². The Labute approximate surface area is 328 Å². The van der Waals surface area contributed by atoms with Crippen LogP contribution in [-0.4, -0.2) is 33.7 Å². The highest BCUT2D eigenvalue weighted by atomic mass is 35.5. The molecule has 3 aromatic rings. The Morgan fingerprint density at radius 2 is 1.44 bits per heavy atom. The number of aryl methyl sites for hydroxylation is 3. The van der Waals surface area contributed by atoms with E-state index in [1.54, 1.807) is 26.4 Å². The SMILES string of the molecule is CCC1=C(/C=C/C2=C(Cl)C(=C/C=C3\N(CC)c4c(C)cc(OC)cc4C3(C)C)CCC2)C(C)(C)c2cc(OC)cc(C)c21.Cc1ccc(S(=O)(=O)O)cc1. The van der Waals surface area contributed by atoms with Crippen LogP contribution >= 0.6 is 11.6 Å². The molecule has 6 nitrogen and oxygen atoms in total. The summed E-state index contributed by atoms with van der Waals surface area (Å²) >= 11 is 7.18. The zero-order valence-corrected chi connectivity index (χ0v) is 35.3. The van der Waals surface area contributed by atoms with Gasteiger partial charge in [-0.2, -0.15) is 8.42 Å². The molecule has 0 unspecified atom stereocenters. The van der Waals surface area contributed by atoms with Crippen LogP contribution < -0.4 is 14.4 Å². The quantitative estimate of drug-likeness (QED) is 0.230. The lowest BCUT2D eigenvalue weighted by Crippen LogP contribution is -2.26. The number of hydrogen-bond donors (Lipinski definition) is 1. The van der Waals surface area contributed by atoms with Gasteiger partial charge in [-0.3, -0.25) is 4.55 Å². The standard InChI is InChI=1S/C39H48ClNO2.C7H8O3S/c1-11-30-31(38(5,6)32-22-28(42-9)20-24(3)35(30)32)18-16-26-14-13-15-27(36(26)40)17-19-34-39(7,8)33-23-29(43-10)21-25(4)37(33)41(34)12-2;1-6-2-4-7(5-3-6)11(8,9)10/h16-23H,11-15H2,1-10H3;2-5H,1H3,(H,8,9,10)/b18-16+,27-17?,34-19-;. The molecule has 0 atom stereocenters. The number of hydrogen-bond acceptors (Lipinski definition) is 5. The molecule has 0 aromatic heterocycles. The zero-order valence-electron chi connectivity index (χ0n) is 33.8. The highest BCUT2D eigenvalue weighted by Crippen LogP contribution is 2.52. The summed E-state index contributed by atoms with van der Waals surface area (Å²) < 4.78 is 40.8. The van der Waals surface area contributed by atoms with Gasteiger partial charge in [-0.05, 0) is 146 Å². The van der Waals surface area contributed by atoms with Gasteiger partial charge in [0.1, 0.15) is 11.5 Å². The lowest BCUT2D eigenvalue weighted by Gasteiger charge is -2.26. The summed E-state index contributed by atoms with van der Waals surface area (Å²) in [6, 6.07) is 14.7. The van der Waals surface area contributed by atoms with Crippen LogP contribution in [0.15, 0.2) is 105 Å².